The second-order valence-electron chi connectivity index (χ2n) is 8.38. The predicted octanol–water partition coefficient (Wildman–Crippen LogP) is 2.38. The van der Waals surface area contributed by atoms with E-state index in [0.717, 1.165) is 54.1 Å². The van der Waals surface area contributed by atoms with Gasteiger partial charge in [-0.1, -0.05) is 23.4 Å². The molecule has 4 aromatic rings. The van der Waals surface area contributed by atoms with Crippen molar-refractivity contribution in [3.63, 3.8) is 0 Å². The smallest absolute Gasteiger partial charge is 0.152 e. The lowest BCUT2D eigenvalue weighted by atomic mass is 10.1. The maximum Gasteiger partial charge on any atom is 0.152 e. The molecule has 31 heavy (non-hydrogen) atoms. The summed E-state index contributed by atoms with van der Waals surface area (Å²) >= 11 is 0. The van der Waals surface area contributed by atoms with Crippen LogP contribution < -0.4 is 5.73 Å². The van der Waals surface area contributed by atoms with Crippen molar-refractivity contribution >= 4 is 11.3 Å². The number of nitrogen functional groups attached to an aromatic ring is 1. The van der Waals surface area contributed by atoms with Crippen LogP contribution in [0.3, 0.4) is 0 Å². The minimum Gasteiger partial charge on any atom is -0.392 e. The van der Waals surface area contributed by atoms with Crippen molar-refractivity contribution in [3.05, 3.63) is 48.4 Å². The summed E-state index contributed by atoms with van der Waals surface area (Å²) in [4.78, 5) is 6.49. The topological polar surface area (TPSA) is 110 Å². The first kappa shape index (κ1) is 19.7. The number of aromatic nitrogens is 6. The lowest BCUT2D eigenvalue weighted by molar-refractivity contribution is 0.175. The predicted molar refractivity (Wildman–Crippen MR) is 118 cm³/mol. The highest BCUT2D eigenvalue weighted by Gasteiger charge is 2.22. The molecule has 3 N–H and O–H groups in total. The first-order chi connectivity index (χ1) is 15.0. The molecule has 0 saturated carbocycles. The molecule has 0 radical (unpaired) electrons. The Morgan fingerprint density at radius 1 is 1.23 bits per heavy atom. The lowest BCUT2D eigenvalue weighted by Crippen LogP contribution is -2.21. The first-order valence-corrected chi connectivity index (χ1v) is 10.5. The minimum atomic E-state index is -0.223. The van der Waals surface area contributed by atoms with E-state index in [1.165, 1.54) is 11.9 Å². The maximum absolute atomic E-state index is 9.83. The molecule has 9 nitrogen and oxygen atoms in total. The van der Waals surface area contributed by atoms with Gasteiger partial charge in [0.25, 0.3) is 0 Å². The Labute approximate surface area is 180 Å². The van der Waals surface area contributed by atoms with E-state index in [9.17, 15) is 5.11 Å². The third-order valence-electron chi connectivity index (χ3n) is 5.80. The lowest BCUT2D eigenvalue weighted by Gasteiger charge is -2.15. The van der Waals surface area contributed by atoms with Crippen molar-refractivity contribution in [3.8, 4) is 22.5 Å². The summed E-state index contributed by atoms with van der Waals surface area (Å²) in [6, 6.07) is 10.7. The summed E-state index contributed by atoms with van der Waals surface area (Å²) in [5, 5.41) is 22.7. The fraction of sp³-hybridized carbons (Fsp3) is 0.364. The highest BCUT2D eigenvalue weighted by Crippen LogP contribution is 2.35. The van der Waals surface area contributed by atoms with E-state index in [4.69, 9.17) is 5.73 Å². The summed E-state index contributed by atoms with van der Waals surface area (Å²) < 4.78 is 3.72. The molecule has 9 heteroatoms. The number of rotatable bonds is 5. The molecule has 0 amide bonds. The Morgan fingerprint density at radius 3 is 2.87 bits per heavy atom. The van der Waals surface area contributed by atoms with Gasteiger partial charge in [0, 0.05) is 36.8 Å². The fourth-order valence-electron chi connectivity index (χ4n) is 4.33. The summed E-state index contributed by atoms with van der Waals surface area (Å²) in [6.07, 6.45) is 3.84. The highest BCUT2D eigenvalue weighted by atomic mass is 16.3. The molecule has 0 bridgehead atoms. The van der Waals surface area contributed by atoms with Crippen molar-refractivity contribution in [1.82, 2.24) is 34.5 Å². The zero-order valence-corrected chi connectivity index (χ0v) is 17.7. The number of aliphatic hydroxyl groups is 1. The number of aliphatic hydroxyl groups excluding tert-OH is 1. The van der Waals surface area contributed by atoms with Crippen LogP contribution in [0, 0.1) is 0 Å². The number of β-amino-alcohol motifs (C(OH)–C–C–N with tert-alkyl or cyclic N) is 1. The van der Waals surface area contributed by atoms with Crippen LogP contribution in [0.25, 0.3) is 28.0 Å². The van der Waals surface area contributed by atoms with E-state index in [-0.39, 0.29) is 12.1 Å². The highest BCUT2D eigenvalue weighted by molar-refractivity contribution is 5.90. The van der Waals surface area contributed by atoms with Gasteiger partial charge in [-0.15, -0.1) is 5.10 Å². The monoisotopic (exact) mass is 418 g/mol. The fourth-order valence-corrected chi connectivity index (χ4v) is 4.33. The summed E-state index contributed by atoms with van der Waals surface area (Å²) in [5.41, 5.74) is 12.0. The minimum absolute atomic E-state index is 0.154. The third-order valence-corrected chi connectivity index (χ3v) is 5.80. The molecule has 0 spiro atoms. The number of nitrogens with two attached hydrogens (primary N) is 1. The molecular formula is C22H26N8O. The maximum atomic E-state index is 9.83. The van der Waals surface area contributed by atoms with Gasteiger partial charge < -0.3 is 10.8 Å². The van der Waals surface area contributed by atoms with E-state index in [2.05, 4.69) is 69.5 Å². The van der Waals surface area contributed by atoms with Gasteiger partial charge in [0.2, 0.25) is 0 Å². The van der Waals surface area contributed by atoms with Crippen LogP contribution in [0.2, 0.25) is 0 Å². The number of fused-ring (bicyclic) bond motifs is 1. The number of hydrogen-bond acceptors (Lipinski definition) is 7. The average molecular weight is 419 g/mol. The molecular weight excluding hydrogens is 392 g/mol. The Morgan fingerprint density at radius 2 is 2.10 bits per heavy atom. The van der Waals surface area contributed by atoms with Crippen LogP contribution >= 0.6 is 0 Å². The number of nitrogens with zero attached hydrogens (tertiary/aromatic N) is 7. The van der Waals surface area contributed by atoms with Crippen molar-refractivity contribution in [1.29, 1.82) is 0 Å². The Hall–Kier alpha value is -3.30. The Bertz CT molecular complexity index is 1230. The van der Waals surface area contributed by atoms with Gasteiger partial charge in [-0.25, -0.2) is 14.2 Å². The zero-order valence-electron chi connectivity index (χ0n) is 17.7. The van der Waals surface area contributed by atoms with E-state index < -0.39 is 0 Å². The largest absolute Gasteiger partial charge is 0.392 e. The number of likely N-dealkylation sites (tertiary alicyclic amines) is 1. The molecule has 1 fully saturated rings. The zero-order chi connectivity index (χ0) is 21.5. The van der Waals surface area contributed by atoms with Crippen molar-refractivity contribution in [2.75, 3.05) is 18.8 Å². The molecule has 4 heterocycles. The van der Waals surface area contributed by atoms with Crippen molar-refractivity contribution in [2.24, 2.45) is 0 Å². The SMILES string of the molecule is CC(C)n1nncc1-c1cc(-c2cccc(CN3CCC(O)C3)c2)n2ncnc(N)c12. The molecule has 1 atom stereocenters. The molecule has 1 aromatic carbocycles. The Balaban J connectivity index is 1.61. The van der Waals surface area contributed by atoms with Gasteiger partial charge in [0.15, 0.2) is 5.82 Å². The van der Waals surface area contributed by atoms with Crippen molar-refractivity contribution in [2.45, 2.75) is 39.0 Å². The van der Waals surface area contributed by atoms with Gasteiger partial charge in [-0.2, -0.15) is 5.10 Å². The molecule has 1 unspecified atom stereocenters. The third kappa shape index (κ3) is 3.55. The molecule has 0 aliphatic carbocycles. The van der Waals surface area contributed by atoms with E-state index in [1.807, 2.05) is 9.20 Å². The second-order valence-corrected chi connectivity index (χ2v) is 8.38. The molecule has 3 aromatic heterocycles. The number of benzene rings is 1. The van der Waals surface area contributed by atoms with Crippen LogP contribution in [0.1, 0.15) is 31.9 Å². The molecule has 1 aliphatic heterocycles. The normalized spacial score (nSPS) is 17.2. The van der Waals surface area contributed by atoms with E-state index in [0.29, 0.717) is 5.82 Å². The quantitative estimate of drug-likeness (QED) is 0.512. The van der Waals surface area contributed by atoms with E-state index in [1.54, 1.807) is 6.20 Å². The molecule has 160 valence electrons. The van der Waals surface area contributed by atoms with Gasteiger partial charge in [-0.3, -0.25) is 4.90 Å². The molecule has 1 saturated heterocycles. The van der Waals surface area contributed by atoms with Crippen LogP contribution in [-0.2, 0) is 6.54 Å². The summed E-state index contributed by atoms with van der Waals surface area (Å²) in [5.74, 6) is 0.412. The Kier molecular flexibility index (Phi) is 4.91. The van der Waals surface area contributed by atoms with Crippen LogP contribution in [0.5, 0.6) is 0 Å². The van der Waals surface area contributed by atoms with Gasteiger partial charge >= 0.3 is 0 Å². The average Bonchev–Trinajstić information content (AvgIpc) is 3.46. The van der Waals surface area contributed by atoms with E-state index >= 15 is 0 Å². The summed E-state index contributed by atoms with van der Waals surface area (Å²) in [6.45, 7) is 6.58. The first-order valence-electron chi connectivity index (χ1n) is 10.5. The van der Waals surface area contributed by atoms with Crippen LogP contribution in [0.15, 0.2) is 42.9 Å². The van der Waals surface area contributed by atoms with Crippen LogP contribution in [0.4, 0.5) is 5.82 Å². The van der Waals surface area contributed by atoms with Gasteiger partial charge in [-0.05, 0) is 38.0 Å². The van der Waals surface area contributed by atoms with Crippen LogP contribution in [-0.4, -0.2) is 58.8 Å². The molecule has 1 aliphatic rings. The number of anilines is 1. The standard InChI is InChI=1S/C22H26N8O/c1-14(2)29-20(10-25-27-29)18-9-19(30-21(18)22(23)24-13-26-30)16-5-3-4-15(8-16)11-28-7-6-17(31)12-28/h3-5,8-10,13-14,17,31H,6-7,11-12H2,1-2H3,(H2,23,24,26). The van der Waals surface area contributed by atoms with Gasteiger partial charge in [0.05, 0.1) is 23.7 Å². The summed E-state index contributed by atoms with van der Waals surface area (Å²) in [7, 11) is 0. The number of hydrogen-bond donors (Lipinski definition) is 2. The van der Waals surface area contributed by atoms with Gasteiger partial charge in [0.1, 0.15) is 11.8 Å². The molecule has 5 rings (SSSR count). The second kappa shape index (κ2) is 7.75. The van der Waals surface area contributed by atoms with Crippen molar-refractivity contribution < 1.29 is 5.11 Å².